The summed E-state index contributed by atoms with van der Waals surface area (Å²) in [5.41, 5.74) is 3.41. The number of rotatable bonds is 1. The van der Waals surface area contributed by atoms with Gasteiger partial charge in [-0.2, -0.15) is 0 Å². The van der Waals surface area contributed by atoms with Gasteiger partial charge in [0.15, 0.2) is 1.41 Å². The Kier molecular flexibility index (Phi) is 1.63. The lowest BCUT2D eigenvalue weighted by Gasteiger charge is -2.13. The fourth-order valence-electron chi connectivity index (χ4n) is 1.88. The minimum Gasteiger partial charge on any atom is -0.360 e. The van der Waals surface area contributed by atoms with Crippen molar-refractivity contribution in [3.05, 3.63) is 59.7 Å². The Hall–Kier alpha value is -1.96. The van der Waals surface area contributed by atoms with Crippen LogP contribution >= 0.6 is 0 Å². The topological polar surface area (TPSA) is 24.1 Å². The van der Waals surface area contributed by atoms with Gasteiger partial charge in [-0.15, -0.1) is 0 Å². The van der Waals surface area contributed by atoms with Crippen molar-refractivity contribution in [3.8, 4) is 0 Å². The van der Waals surface area contributed by atoms with E-state index >= 15 is 0 Å². The molecule has 0 saturated carbocycles. The van der Waals surface area contributed by atoms with E-state index in [-0.39, 0.29) is 0 Å². The van der Waals surface area contributed by atoms with Gasteiger partial charge >= 0.3 is 0 Å². The van der Waals surface area contributed by atoms with Crippen LogP contribution in [0, 0.1) is 6.92 Å². The Morgan fingerprint density at radius 2 is 1.94 bits per heavy atom. The maximum atomic E-state index is 8.54. The van der Waals surface area contributed by atoms with Crippen molar-refractivity contribution in [2.75, 3.05) is 10.6 Å². The predicted octanol–water partition coefficient (Wildman–Crippen LogP) is 3.53. The van der Waals surface area contributed by atoms with Crippen LogP contribution in [0.2, 0.25) is 1.41 Å². The summed E-state index contributed by atoms with van der Waals surface area (Å²) in [6.07, 6.45) is -1.25. The molecule has 0 bridgehead atoms. The molecule has 1 atom stereocenters. The third kappa shape index (κ3) is 1.52. The Morgan fingerprint density at radius 1 is 1.12 bits per heavy atom. The third-order valence-electron chi connectivity index (χ3n) is 2.68. The van der Waals surface area contributed by atoms with Crippen LogP contribution in [0.25, 0.3) is 0 Å². The molecule has 0 spiro atoms. The second-order valence-corrected chi connectivity index (χ2v) is 3.97. The summed E-state index contributed by atoms with van der Waals surface area (Å²) in [5, 5.41) is 4.33. The van der Waals surface area contributed by atoms with Crippen molar-refractivity contribution in [1.82, 2.24) is 0 Å². The highest BCUT2D eigenvalue weighted by atomic mass is 15.2. The van der Waals surface area contributed by atoms with Crippen molar-refractivity contribution in [2.24, 2.45) is 0 Å². The summed E-state index contributed by atoms with van der Waals surface area (Å²) in [4.78, 5) is 0. The molecule has 1 unspecified atom stereocenters. The molecule has 2 aromatic rings. The van der Waals surface area contributed by atoms with E-state index in [0.717, 1.165) is 22.5 Å². The van der Waals surface area contributed by atoms with Crippen LogP contribution in [0.4, 0.5) is 11.4 Å². The molecule has 1 heterocycles. The monoisotopic (exact) mass is 212 g/mol. The molecule has 2 nitrogen and oxygen atoms in total. The van der Waals surface area contributed by atoms with Crippen LogP contribution in [0.5, 0.6) is 0 Å². The van der Waals surface area contributed by atoms with Gasteiger partial charge in [-0.25, -0.2) is 0 Å². The molecule has 0 aromatic heterocycles. The minimum absolute atomic E-state index is 0.731. The fourth-order valence-corrected chi connectivity index (χ4v) is 1.88. The maximum absolute atomic E-state index is 8.54. The van der Waals surface area contributed by atoms with Crippen molar-refractivity contribution in [2.45, 2.75) is 13.1 Å². The zero-order chi connectivity index (χ0) is 12.8. The third-order valence-corrected chi connectivity index (χ3v) is 2.68. The molecule has 2 aromatic carbocycles. The quantitative estimate of drug-likeness (QED) is 0.755. The predicted molar refractivity (Wildman–Crippen MR) is 67.6 cm³/mol. The molecule has 3 rings (SSSR count). The second-order valence-electron chi connectivity index (χ2n) is 3.97. The van der Waals surface area contributed by atoms with Gasteiger partial charge in [0.25, 0.3) is 0 Å². The van der Waals surface area contributed by atoms with E-state index in [0.29, 0.717) is 0 Å². The average molecular weight is 212 g/mol. The normalized spacial score (nSPS) is 24.4. The van der Waals surface area contributed by atoms with Gasteiger partial charge in [0, 0.05) is 0 Å². The molecular formula is C14H14N2. The number of benzene rings is 2. The van der Waals surface area contributed by atoms with Gasteiger partial charge in [0.1, 0.15) is 6.14 Å². The van der Waals surface area contributed by atoms with E-state index in [2.05, 4.69) is 5.32 Å². The van der Waals surface area contributed by atoms with Gasteiger partial charge in [-0.05, 0) is 24.6 Å². The van der Waals surface area contributed by atoms with E-state index in [4.69, 9.17) is 2.78 Å². The average Bonchev–Trinajstić information content (AvgIpc) is 2.64. The molecule has 0 saturated heterocycles. The summed E-state index contributed by atoms with van der Waals surface area (Å²) >= 11 is 0. The number of fused-ring (bicyclic) bond motifs is 1. The van der Waals surface area contributed by atoms with E-state index in [1.165, 1.54) is 5.31 Å². The first kappa shape index (κ1) is 7.34. The molecule has 0 radical (unpaired) electrons. The van der Waals surface area contributed by atoms with Gasteiger partial charge in [-0.3, -0.25) is 0 Å². The van der Waals surface area contributed by atoms with Crippen molar-refractivity contribution >= 4 is 11.4 Å². The Balaban J connectivity index is 2.09. The molecule has 0 amide bonds. The van der Waals surface area contributed by atoms with Crippen molar-refractivity contribution < 1.29 is 2.78 Å². The largest absolute Gasteiger partial charge is 0.360 e. The lowest BCUT2D eigenvalue weighted by molar-refractivity contribution is 0.939. The van der Waals surface area contributed by atoms with Crippen LogP contribution < -0.4 is 10.6 Å². The van der Waals surface area contributed by atoms with E-state index in [9.17, 15) is 0 Å². The van der Waals surface area contributed by atoms with Gasteiger partial charge < -0.3 is 10.6 Å². The summed E-state index contributed by atoms with van der Waals surface area (Å²) in [6.45, 7) is 1.99. The van der Waals surface area contributed by atoms with Gasteiger partial charge in [0.2, 0.25) is 0 Å². The standard InChI is InChI=1S/C14H14N2/c1-10-5-4-6-11(9-10)14-15-12-7-2-3-8-13(12)16-14/h2-9,14-16H,1H3/i14D/hD. The molecule has 0 aliphatic carbocycles. The number of aryl methyl sites for hydroxylation is 1. The summed E-state index contributed by atoms with van der Waals surface area (Å²) < 4.78 is 16.7. The second kappa shape index (κ2) is 3.56. The molecule has 2 N–H and O–H groups in total. The Labute approximate surface area is 98.2 Å². The van der Waals surface area contributed by atoms with Crippen LogP contribution in [-0.4, -0.2) is 0 Å². The molecular weight excluding hydrogens is 196 g/mol. The molecule has 1 aliphatic rings. The van der Waals surface area contributed by atoms with Crippen molar-refractivity contribution in [3.63, 3.8) is 0 Å². The zero-order valence-electron chi connectivity index (χ0n) is 11.1. The molecule has 2 heteroatoms. The summed E-state index contributed by atoms with van der Waals surface area (Å²) in [6, 6.07) is 15.2. The minimum atomic E-state index is -1.25. The first-order valence-electron chi connectivity index (χ1n) is 6.29. The first-order chi connectivity index (χ1) is 8.61. The number of para-hydroxylation sites is 2. The number of hydrogen-bond donors (Lipinski definition) is 2. The molecule has 16 heavy (non-hydrogen) atoms. The number of hydrogen-bond acceptors (Lipinski definition) is 2. The van der Waals surface area contributed by atoms with Crippen LogP contribution in [-0.2, 0) is 0 Å². The van der Waals surface area contributed by atoms with Crippen LogP contribution in [0.3, 0.4) is 0 Å². The molecule has 80 valence electrons. The maximum Gasteiger partial charge on any atom is 0.163 e. The summed E-state index contributed by atoms with van der Waals surface area (Å²) in [7, 11) is 0. The highest BCUT2D eigenvalue weighted by Gasteiger charge is 2.19. The molecule has 1 aliphatic heterocycles. The van der Waals surface area contributed by atoms with Gasteiger partial charge in [-0.1, -0.05) is 42.0 Å². The van der Waals surface area contributed by atoms with E-state index < -0.39 is 6.14 Å². The van der Waals surface area contributed by atoms with Crippen molar-refractivity contribution in [1.29, 1.82) is 0 Å². The van der Waals surface area contributed by atoms with Crippen LogP contribution in [0.15, 0.2) is 48.5 Å². The fraction of sp³-hybridized carbons (Fsp3) is 0.143. The van der Waals surface area contributed by atoms with Gasteiger partial charge in [0.05, 0.1) is 12.7 Å². The van der Waals surface area contributed by atoms with Crippen LogP contribution in [0.1, 0.15) is 18.6 Å². The highest BCUT2D eigenvalue weighted by Crippen LogP contribution is 2.34. The zero-order valence-corrected chi connectivity index (χ0v) is 9.07. The van der Waals surface area contributed by atoms with E-state index in [1.807, 2.05) is 55.5 Å². The summed E-state index contributed by atoms with van der Waals surface area (Å²) in [5.74, 6) is 0. The molecule has 0 fully saturated rings. The lowest BCUT2D eigenvalue weighted by Crippen LogP contribution is -2.11. The SMILES string of the molecule is [2H]N1c2ccccc2NC1([2H])c1cccc(C)c1. The first-order valence-corrected chi connectivity index (χ1v) is 5.35. The Bertz CT molecular complexity index is 600. The van der Waals surface area contributed by atoms with E-state index in [1.54, 1.807) is 0 Å². The Morgan fingerprint density at radius 3 is 2.69 bits per heavy atom. The lowest BCUT2D eigenvalue weighted by atomic mass is 10.1. The smallest absolute Gasteiger partial charge is 0.163 e. The number of nitrogens with one attached hydrogen (secondary N) is 2. The highest BCUT2D eigenvalue weighted by molar-refractivity contribution is 5.74. The number of anilines is 2.